The van der Waals surface area contributed by atoms with Crippen LogP contribution in [-0.4, -0.2) is 22.1 Å². The maximum Gasteiger partial charge on any atom is 0.283 e. The summed E-state index contributed by atoms with van der Waals surface area (Å²) in [6.07, 6.45) is 1.73. The Kier molecular flexibility index (Phi) is 5.29. The molecule has 0 unspecified atom stereocenters. The van der Waals surface area contributed by atoms with Gasteiger partial charge in [0.05, 0.1) is 15.5 Å². The SMILES string of the molecule is CSc1ccc(C(=O)Nc2nc(-c3ccc(F)cc3)cs2)cc1[N+](=O)[O-]. The molecular formula is C17H12FN3O3S2. The van der Waals surface area contributed by atoms with Crippen molar-refractivity contribution in [3.8, 4) is 11.3 Å². The standard InChI is InChI=1S/C17H12FN3O3S2/c1-25-15-7-4-11(8-14(15)21(23)24)16(22)20-17-19-13(9-26-17)10-2-5-12(18)6-3-10/h2-9H,1H3,(H,19,20,22). The molecular weight excluding hydrogens is 377 g/mol. The van der Waals surface area contributed by atoms with Gasteiger partial charge in [-0.3, -0.25) is 20.2 Å². The molecule has 1 heterocycles. The maximum absolute atomic E-state index is 13.0. The second kappa shape index (κ2) is 7.63. The van der Waals surface area contributed by atoms with Gasteiger partial charge >= 0.3 is 0 Å². The normalized spacial score (nSPS) is 10.5. The number of nitro groups is 1. The summed E-state index contributed by atoms with van der Waals surface area (Å²) < 4.78 is 13.0. The Morgan fingerprint density at radius 1 is 1.27 bits per heavy atom. The van der Waals surface area contributed by atoms with Crippen LogP contribution in [0.1, 0.15) is 10.4 Å². The number of hydrogen-bond acceptors (Lipinski definition) is 6. The lowest BCUT2D eigenvalue weighted by atomic mass is 10.2. The largest absolute Gasteiger partial charge is 0.298 e. The molecule has 0 aliphatic carbocycles. The predicted molar refractivity (Wildman–Crippen MR) is 100 cm³/mol. The molecule has 0 radical (unpaired) electrons. The molecule has 0 atom stereocenters. The van der Waals surface area contributed by atoms with Crippen LogP contribution < -0.4 is 5.32 Å². The first-order chi connectivity index (χ1) is 12.5. The van der Waals surface area contributed by atoms with Crippen molar-refractivity contribution in [1.82, 2.24) is 4.98 Å². The number of rotatable bonds is 5. The Balaban J connectivity index is 1.79. The number of nitro benzene ring substituents is 1. The van der Waals surface area contributed by atoms with Gasteiger partial charge in [0.25, 0.3) is 11.6 Å². The highest BCUT2D eigenvalue weighted by atomic mass is 32.2. The molecule has 9 heteroatoms. The number of anilines is 1. The van der Waals surface area contributed by atoms with E-state index in [0.29, 0.717) is 15.7 Å². The monoisotopic (exact) mass is 389 g/mol. The van der Waals surface area contributed by atoms with Crippen LogP contribution in [-0.2, 0) is 0 Å². The number of aromatic nitrogens is 1. The second-order valence-electron chi connectivity index (χ2n) is 5.14. The molecule has 0 saturated carbocycles. The van der Waals surface area contributed by atoms with Crippen LogP contribution in [0.2, 0.25) is 0 Å². The minimum atomic E-state index is -0.515. The maximum atomic E-state index is 13.0. The number of nitrogens with one attached hydrogen (secondary N) is 1. The van der Waals surface area contributed by atoms with Crippen molar-refractivity contribution in [2.75, 3.05) is 11.6 Å². The van der Waals surface area contributed by atoms with E-state index in [4.69, 9.17) is 0 Å². The highest BCUT2D eigenvalue weighted by molar-refractivity contribution is 7.98. The molecule has 3 rings (SSSR count). The van der Waals surface area contributed by atoms with Crippen LogP contribution in [0.25, 0.3) is 11.3 Å². The Hall–Kier alpha value is -2.78. The van der Waals surface area contributed by atoms with E-state index in [1.165, 1.54) is 47.4 Å². The number of amides is 1. The highest BCUT2D eigenvalue weighted by Crippen LogP contribution is 2.29. The number of thioether (sulfide) groups is 1. The third-order valence-corrected chi connectivity index (χ3v) is 5.05. The van der Waals surface area contributed by atoms with Crippen molar-refractivity contribution in [1.29, 1.82) is 0 Å². The van der Waals surface area contributed by atoms with E-state index < -0.39 is 10.8 Å². The average molecular weight is 389 g/mol. The molecule has 0 aliphatic heterocycles. The van der Waals surface area contributed by atoms with E-state index in [9.17, 15) is 19.3 Å². The Morgan fingerprint density at radius 2 is 2.00 bits per heavy atom. The molecule has 26 heavy (non-hydrogen) atoms. The summed E-state index contributed by atoms with van der Waals surface area (Å²) in [4.78, 5) is 27.7. The summed E-state index contributed by atoms with van der Waals surface area (Å²) in [7, 11) is 0. The lowest BCUT2D eigenvalue weighted by Crippen LogP contribution is -2.12. The first kappa shape index (κ1) is 18.0. The average Bonchev–Trinajstić information content (AvgIpc) is 3.10. The van der Waals surface area contributed by atoms with Gasteiger partial charge in [-0.2, -0.15) is 0 Å². The molecule has 1 aromatic heterocycles. The van der Waals surface area contributed by atoms with Crippen LogP contribution >= 0.6 is 23.1 Å². The van der Waals surface area contributed by atoms with E-state index in [1.54, 1.807) is 29.8 Å². The highest BCUT2D eigenvalue weighted by Gasteiger charge is 2.18. The van der Waals surface area contributed by atoms with E-state index in [-0.39, 0.29) is 17.1 Å². The molecule has 1 N–H and O–H groups in total. The third kappa shape index (κ3) is 3.89. The van der Waals surface area contributed by atoms with Gasteiger partial charge in [-0.1, -0.05) is 0 Å². The molecule has 0 aliphatic rings. The van der Waals surface area contributed by atoms with Crippen LogP contribution in [0.15, 0.2) is 52.7 Å². The molecule has 6 nitrogen and oxygen atoms in total. The van der Waals surface area contributed by atoms with Crippen LogP contribution in [0.5, 0.6) is 0 Å². The number of carbonyl (C=O) groups excluding carboxylic acids is 1. The summed E-state index contributed by atoms with van der Waals surface area (Å²) in [5.41, 5.74) is 1.39. The zero-order valence-corrected chi connectivity index (χ0v) is 15.1. The first-order valence-electron chi connectivity index (χ1n) is 7.33. The minimum Gasteiger partial charge on any atom is -0.298 e. The third-order valence-electron chi connectivity index (χ3n) is 3.50. The number of thiazole rings is 1. The Morgan fingerprint density at radius 3 is 2.65 bits per heavy atom. The second-order valence-corrected chi connectivity index (χ2v) is 6.85. The van der Waals surface area contributed by atoms with Crippen molar-refractivity contribution < 1.29 is 14.1 Å². The van der Waals surface area contributed by atoms with Gasteiger partial charge in [0.15, 0.2) is 5.13 Å². The van der Waals surface area contributed by atoms with Gasteiger partial charge < -0.3 is 0 Å². The molecule has 0 spiro atoms. The van der Waals surface area contributed by atoms with Gasteiger partial charge in [0.2, 0.25) is 0 Å². The van der Waals surface area contributed by atoms with Crippen molar-refractivity contribution in [3.63, 3.8) is 0 Å². The van der Waals surface area contributed by atoms with Gasteiger partial charge in [-0.25, -0.2) is 9.37 Å². The fourth-order valence-electron chi connectivity index (χ4n) is 2.23. The summed E-state index contributed by atoms with van der Waals surface area (Å²) in [6.45, 7) is 0. The molecule has 0 saturated heterocycles. The van der Waals surface area contributed by atoms with Gasteiger partial charge in [-0.15, -0.1) is 23.1 Å². The van der Waals surface area contributed by atoms with Crippen LogP contribution in [0, 0.1) is 15.9 Å². The number of nitrogens with zero attached hydrogens (tertiary/aromatic N) is 2. The van der Waals surface area contributed by atoms with Crippen molar-refractivity contribution >= 4 is 39.8 Å². The molecule has 0 bridgehead atoms. The van der Waals surface area contributed by atoms with Gasteiger partial charge in [0.1, 0.15) is 5.82 Å². The summed E-state index contributed by atoms with van der Waals surface area (Å²) in [5, 5.41) is 15.8. The fraction of sp³-hybridized carbons (Fsp3) is 0.0588. The quantitative estimate of drug-likeness (QED) is 0.384. The minimum absolute atomic E-state index is 0.115. The lowest BCUT2D eigenvalue weighted by Gasteiger charge is -2.04. The summed E-state index contributed by atoms with van der Waals surface area (Å²) in [6, 6.07) is 10.2. The topological polar surface area (TPSA) is 85.1 Å². The first-order valence-corrected chi connectivity index (χ1v) is 9.43. The van der Waals surface area contributed by atoms with Crippen molar-refractivity contribution in [2.24, 2.45) is 0 Å². The van der Waals surface area contributed by atoms with Gasteiger partial charge in [-0.05, 0) is 42.7 Å². The van der Waals surface area contributed by atoms with E-state index >= 15 is 0 Å². The number of benzene rings is 2. The predicted octanol–water partition coefficient (Wildman–Crippen LogP) is 4.83. The number of hydrogen-bond donors (Lipinski definition) is 1. The number of carbonyl (C=O) groups is 1. The van der Waals surface area contributed by atoms with E-state index in [2.05, 4.69) is 10.3 Å². The number of halogens is 1. The van der Waals surface area contributed by atoms with E-state index in [1.807, 2.05) is 0 Å². The van der Waals surface area contributed by atoms with E-state index in [0.717, 1.165) is 5.56 Å². The molecule has 3 aromatic rings. The zero-order chi connectivity index (χ0) is 18.7. The van der Waals surface area contributed by atoms with Crippen molar-refractivity contribution in [2.45, 2.75) is 4.90 Å². The van der Waals surface area contributed by atoms with Gasteiger partial charge in [0, 0.05) is 22.6 Å². The Bertz CT molecular complexity index is 974. The van der Waals surface area contributed by atoms with Crippen molar-refractivity contribution in [3.05, 3.63) is 69.3 Å². The summed E-state index contributed by atoms with van der Waals surface area (Å²) >= 11 is 2.45. The lowest BCUT2D eigenvalue weighted by molar-refractivity contribution is -0.387. The molecule has 132 valence electrons. The zero-order valence-electron chi connectivity index (χ0n) is 13.4. The smallest absolute Gasteiger partial charge is 0.283 e. The summed E-state index contributed by atoms with van der Waals surface area (Å²) in [5.74, 6) is -0.825. The molecule has 0 fully saturated rings. The fourth-order valence-corrected chi connectivity index (χ4v) is 3.49. The van der Waals surface area contributed by atoms with Crippen LogP contribution in [0.3, 0.4) is 0 Å². The molecule has 2 aromatic carbocycles. The van der Waals surface area contributed by atoms with Crippen LogP contribution in [0.4, 0.5) is 15.2 Å². The Labute approximate surface area is 156 Å². The molecule has 1 amide bonds.